The smallest absolute Gasteiger partial charge is 0.410 e. The topological polar surface area (TPSA) is 63.5 Å². The molecular formula is C28H32BrN5O2. The van der Waals surface area contributed by atoms with Crippen LogP contribution in [-0.4, -0.2) is 62.2 Å². The number of imidazole rings is 1. The summed E-state index contributed by atoms with van der Waals surface area (Å²) in [6.45, 7) is 11.2. The van der Waals surface area contributed by atoms with Gasteiger partial charge in [0.15, 0.2) is 0 Å². The van der Waals surface area contributed by atoms with Crippen LogP contribution in [0.1, 0.15) is 55.0 Å². The molecule has 5 rings (SSSR count). The quantitative estimate of drug-likeness (QED) is 0.428. The number of benzene rings is 1. The Morgan fingerprint density at radius 2 is 1.89 bits per heavy atom. The van der Waals surface area contributed by atoms with Crippen molar-refractivity contribution < 1.29 is 9.53 Å². The second-order valence-electron chi connectivity index (χ2n) is 10.4. The molecule has 1 saturated heterocycles. The van der Waals surface area contributed by atoms with Gasteiger partial charge in [-0.2, -0.15) is 0 Å². The summed E-state index contributed by atoms with van der Waals surface area (Å²) in [6.07, 6.45) is 7.77. The van der Waals surface area contributed by atoms with E-state index < -0.39 is 5.60 Å². The van der Waals surface area contributed by atoms with Crippen molar-refractivity contribution in [2.24, 2.45) is 0 Å². The fraction of sp³-hybridized carbons (Fsp3) is 0.393. The predicted molar refractivity (Wildman–Crippen MR) is 144 cm³/mol. The zero-order valence-corrected chi connectivity index (χ0v) is 22.8. The van der Waals surface area contributed by atoms with E-state index in [1.165, 1.54) is 16.7 Å². The van der Waals surface area contributed by atoms with Crippen LogP contribution in [0.2, 0.25) is 0 Å². The number of ether oxygens (including phenoxy) is 1. The normalized spacial score (nSPS) is 18.2. The average Bonchev–Trinajstić information content (AvgIpc) is 3.18. The van der Waals surface area contributed by atoms with Gasteiger partial charge < -0.3 is 14.2 Å². The monoisotopic (exact) mass is 549 g/mol. The maximum Gasteiger partial charge on any atom is 0.410 e. The Labute approximate surface area is 220 Å². The number of allylic oxidation sites excluding steroid dienone is 1. The SMILES string of the molecule is Cc1nccn1CC1=Cc2cc(Br)cnc2[C@@H](N2CCN(C(=O)OC(C)(C)C)CC2)c2ccccc21. The number of carbonyl (C=O) groups excluding carboxylic acids is 1. The summed E-state index contributed by atoms with van der Waals surface area (Å²) in [5.74, 6) is 0.986. The van der Waals surface area contributed by atoms with Gasteiger partial charge in [0.05, 0.1) is 11.7 Å². The van der Waals surface area contributed by atoms with Crippen molar-refractivity contribution in [3.8, 4) is 0 Å². The highest BCUT2D eigenvalue weighted by atomic mass is 79.9. The minimum absolute atomic E-state index is 0.0114. The van der Waals surface area contributed by atoms with E-state index in [9.17, 15) is 4.79 Å². The van der Waals surface area contributed by atoms with Crippen LogP contribution in [0.5, 0.6) is 0 Å². The maximum absolute atomic E-state index is 12.7. The lowest BCUT2D eigenvalue weighted by Gasteiger charge is -2.40. The van der Waals surface area contributed by atoms with Crippen molar-refractivity contribution in [3.05, 3.63) is 81.6 Å². The van der Waals surface area contributed by atoms with Crippen molar-refractivity contribution in [3.63, 3.8) is 0 Å². The molecule has 0 unspecified atom stereocenters. The lowest BCUT2D eigenvalue weighted by atomic mass is 9.93. The number of pyridine rings is 1. The second-order valence-corrected chi connectivity index (χ2v) is 11.3. The van der Waals surface area contributed by atoms with Crippen LogP contribution in [0.25, 0.3) is 11.6 Å². The van der Waals surface area contributed by atoms with E-state index in [1.54, 1.807) is 0 Å². The number of amides is 1. The zero-order valence-electron chi connectivity index (χ0n) is 21.2. The number of fused-ring (bicyclic) bond motifs is 2. The van der Waals surface area contributed by atoms with Crippen molar-refractivity contribution in [2.75, 3.05) is 26.2 Å². The van der Waals surface area contributed by atoms with Gasteiger partial charge in [-0.1, -0.05) is 24.3 Å². The molecule has 188 valence electrons. The Bertz CT molecular complexity index is 1300. The fourth-order valence-corrected chi connectivity index (χ4v) is 5.34. The maximum atomic E-state index is 12.7. The summed E-state index contributed by atoms with van der Waals surface area (Å²) in [4.78, 5) is 26.3. The van der Waals surface area contributed by atoms with E-state index >= 15 is 0 Å². The van der Waals surface area contributed by atoms with Gasteiger partial charge >= 0.3 is 6.09 Å². The van der Waals surface area contributed by atoms with Crippen LogP contribution in [-0.2, 0) is 11.3 Å². The first kappa shape index (κ1) is 24.7. The van der Waals surface area contributed by atoms with Crippen molar-refractivity contribution in [1.29, 1.82) is 0 Å². The first-order chi connectivity index (χ1) is 17.2. The number of nitrogens with zero attached hydrogens (tertiary/aromatic N) is 5. The van der Waals surface area contributed by atoms with Crippen LogP contribution in [0.4, 0.5) is 4.79 Å². The summed E-state index contributed by atoms with van der Waals surface area (Å²) in [7, 11) is 0. The summed E-state index contributed by atoms with van der Waals surface area (Å²) in [5.41, 5.74) is 5.32. The van der Waals surface area contributed by atoms with E-state index in [4.69, 9.17) is 9.72 Å². The number of aromatic nitrogens is 3. The molecule has 1 amide bonds. The van der Waals surface area contributed by atoms with Crippen LogP contribution in [0.3, 0.4) is 0 Å². The first-order valence-electron chi connectivity index (χ1n) is 12.3. The highest BCUT2D eigenvalue weighted by molar-refractivity contribution is 9.10. The third kappa shape index (κ3) is 5.11. The van der Waals surface area contributed by atoms with Crippen LogP contribution < -0.4 is 0 Å². The molecule has 0 bridgehead atoms. The summed E-state index contributed by atoms with van der Waals surface area (Å²) in [6, 6.07) is 10.8. The van der Waals surface area contributed by atoms with Crippen molar-refractivity contribution in [1.82, 2.24) is 24.3 Å². The van der Waals surface area contributed by atoms with Crippen LogP contribution in [0.15, 0.2) is 53.4 Å². The van der Waals surface area contributed by atoms with E-state index in [2.05, 4.69) is 66.8 Å². The van der Waals surface area contributed by atoms with Gasteiger partial charge in [0.25, 0.3) is 0 Å². The molecule has 1 fully saturated rings. The number of piperazine rings is 1. The molecule has 0 saturated carbocycles. The Balaban J connectivity index is 1.50. The Morgan fingerprint density at radius 1 is 1.14 bits per heavy atom. The van der Waals surface area contributed by atoms with E-state index in [-0.39, 0.29) is 12.1 Å². The lowest BCUT2D eigenvalue weighted by molar-refractivity contribution is 0.0118. The van der Waals surface area contributed by atoms with E-state index in [1.807, 2.05) is 51.2 Å². The fourth-order valence-electron chi connectivity index (χ4n) is 4.99. The molecule has 7 nitrogen and oxygen atoms in total. The van der Waals surface area contributed by atoms with Gasteiger partial charge in [-0.3, -0.25) is 9.88 Å². The molecule has 2 aliphatic rings. The summed E-state index contributed by atoms with van der Waals surface area (Å²) < 4.78 is 8.74. The third-order valence-electron chi connectivity index (χ3n) is 6.70. The second kappa shape index (κ2) is 9.82. The molecule has 3 heterocycles. The molecule has 36 heavy (non-hydrogen) atoms. The van der Waals surface area contributed by atoms with E-state index in [0.29, 0.717) is 13.1 Å². The number of carbonyl (C=O) groups is 1. The zero-order chi connectivity index (χ0) is 25.4. The van der Waals surface area contributed by atoms with Gasteiger partial charge in [-0.05, 0) is 78.0 Å². The molecule has 0 spiro atoms. The highest BCUT2D eigenvalue weighted by Gasteiger charge is 2.34. The Kier molecular flexibility index (Phi) is 6.74. The third-order valence-corrected chi connectivity index (χ3v) is 7.14. The van der Waals surface area contributed by atoms with Crippen LogP contribution >= 0.6 is 15.9 Å². The van der Waals surface area contributed by atoms with Crippen molar-refractivity contribution in [2.45, 2.75) is 45.9 Å². The molecule has 1 aromatic carbocycles. The molecule has 1 aliphatic carbocycles. The molecular weight excluding hydrogens is 518 g/mol. The Hall–Kier alpha value is -2.97. The number of aryl methyl sites for hydroxylation is 1. The number of hydrogen-bond donors (Lipinski definition) is 0. The minimum atomic E-state index is -0.500. The Morgan fingerprint density at radius 3 is 2.58 bits per heavy atom. The van der Waals surface area contributed by atoms with Gasteiger partial charge in [0.2, 0.25) is 0 Å². The standard InChI is InChI=1S/C28H32BrN5O2/c1-19-30-9-10-34(19)18-21-15-20-16-22(29)17-31-25(20)26(24-8-6-5-7-23(21)24)32-11-13-33(14-12-32)27(35)36-28(2,3)4/h5-10,15-17,26H,11-14,18H2,1-4H3/t26-/m0/s1. The molecule has 1 atom stereocenters. The van der Waals surface area contributed by atoms with Gasteiger partial charge in [0.1, 0.15) is 11.4 Å². The lowest BCUT2D eigenvalue weighted by Crippen LogP contribution is -2.51. The highest BCUT2D eigenvalue weighted by Crippen LogP contribution is 2.40. The summed E-state index contributed by atoms with van der Waals surface area (Å²) >= 11 is 3.63. The first-order valence-corrected chi connectivity index (χ1v) is 13.1. The molecule has 1 aliphatic heterocycles. The molecule has 8 heteroatoms. The van der Waals surface area contributed by atoms with Gasteiger partial charge in [-0.15, -0.1) is 0 Å². The molecule has 3 aromatic rings. The largest absolute Gasteiger partial charge is 0.444 e. The minimum Gasteiger partial charge on any atom is -0.444 e. The summed E-state index contributed by atoms with van der Waals surface area (Å²) in [5, 5.41) is 0. The number of hydrogen-bond acceptors (Lipinski definition) is 5. The van der Waals surface area contributed by atoms with Gasteiger partial charge in [0, 0.05) is 55.8 Å². The number of halogens is 1. The van der Waals surface area contributed by atoms with Crippen LogP contribution in [0, 0.1) is 6.92 Å². The van der Waals surface area contributed by atoms with Gasteiger partial charge in [-0.25, -0.2) is 9.78 Å². The molecule has 0 radical (unpaired) electrons. The average molecular weight is 551 g/mol. The number of rotatable bonds is 3. The van der Waals surface area contributed by atoms with E-state index in [0.717, 1.165) is 41.2 Å². The molecule has 0 N–H and O–H groups in total. The predicted octanol–water partition coefficient (Wildman–Crippen LogP) is 5.55. The van der Waals surface area contributed by atoms with Crippen molar-refractivity contribution >= 4 is 33.7 Å². The molecule has 2 aromatic heterocycles.